The minimum absolute atomic E-state index is 0.924. The highest BCUT2D eigenvalue weighted by Crippen LogP contribution is 2.47. The normalized spacial score (nSPS) is 12.6. The maximum Gasteiger partial charge on any atom is 0.143 e. The van der Waals surface area contributed by atoms with Crippen molar-refractivity contribution in [2.24, 2.45) is 0 Å². The molecular formula is C41H25NO. The number of fused-ring (bicyclic) bond motifs is 12. The van der Waals surface area contributed by atoms with Gasteiger partial charge in [-0.1, -0.05) is 115 Å². The molecule has 0 radical (unpaired) electrons. The van der Waals surface area contributed by atoms with Crippen molar-refractivity contribution in [3.05, 3.63) is 151 Å². The molecule has 2 heteroatoms. The van der Waals surface area contributed by atoms with Crippen LogP contribution < -0.4 is 0 Å². The monoisotopic (exact) mass is 547 g/mol. The van der Waals surface area contributed by atoms with Crippen LogP contribution in [0.3, 0.4) is 0 Å². The lowest BCUT2D eigenvalue weighted by Gasteiger charge is -2.13. The molecule has 0 saturated heterocycles. The third-order valence-electron chi connectivity index (χ3n) is 9.40. The Morgan fingerprint density at radius 1 is 0.488 bits per heavy atom. The summed E-state index contributed by atoms with van der Waals surface area (Å²) < 4.78 is 9.31. The van der Waals surface area contributed by atoms with Gasteiger partial charge in [-0.15, -0.1) is 0 Å². The summed E-state index contributed by atoms with van der Waals surface area (Å²) in [5.74, 6) is 0. The van der Waals surface area contributed by atoms with Crippen molar-refractivity contribution in [3.8, 4) is 27.9 Å². The standard InChI is InChI=1S/C41H25NO/c1-2-10-25(11-3-1)26-19-21-36-34(23-26)31-15-8-9-17-35(31)42(36)37-24-38-40(32-16-7-6-14-30(32)37)33-20-18-28-22-27-12-4-5-13-29(27)39(28)41(33)43-38/h1-21,23-24H,22H2. The highest BCUT2D eigenvalue weighted by atomic mass is 16.3. The van der Waals surface area contributed by atoms with Crippen molar-refractivity contribution < 1.29 is 4.42 Å². The summed E-state index contributed by atoms with van der Waals surface area (Å²) in [6.07, 6.45) is 0.955. The van der Waals surface area contributed by atoms with Gasteiger partial charge in [-0.25, -0.2) is 0 Å². The smallest absolute Gasteiger partial charge is 0.143 e. The number of nitrogens with zero attached hydrogens (tertiary/aromatic N) is 1. The van der Waals surface area contributed by atoms with E-state index in [0.29, 0.717) is 0 Å². The van der Waals surface area contributed by atoms with E-state index in [9.17, 15) is 0 Å². The van der Waals surface area contributed by atoms with Crippen LogP contribution in [0.1, 0.15) is 11.1 Å². The average Bonchev–Trinajstić information content (AvgIpc) is 3.74. The Labute approximate surface area is 248 Å². The van der Waals surface area contributed by atoms with Crippen LogP contribution in [-0.4, -0.2) is 4.57 Å². The molecule has 7 aromatic carbocycles. The molecular weight excluding hydrogens is 522 g/mol. The van der Waals surface area contributed by atoms with E-state index in [1.54, 1.807) is 0 Å². The molecule has 0 fully saturated rings. The highest BCUT2D eigenvalue weighted by Gasteiger charge is 2.25. The van der Waals surface area contributed by atoms with E-state index in [2.05, 4.69) is 144 Å². The minimum atomic E-state index is 0.924. The molecule has 0 bridgehead atoms. The Hall–Kier alpha value is -5.60. The summed E-state index contributed by atoms with van der Waals surface area (Å²) in [5, 5.41) is 7.30. The van der Waals surface area contributed by atoms with Crippen LogP contribution in [0.2, 0.25) is 0 Å². The van der Waals surface area contributed by atoms with Crippen LogP contribution >= 0.6 is 0 Å². The fraction of sp³-hybridized carbons (Fsp3) is 0.0244. The molecule has 0 aliphatic heterocycles. The van der Waals surface area contributed by atoms with E-state index in [1.165, 1.54) is 76.7 Å². The number of para-hydroxylation sites is 1. The lowest BCUT2D eigenvalue weighted by atomic mass is 9.98. The summed E-state index contributed by atoms with van der Waals surface area (Å²) in [7, 11) is 0. The Kier molecular flexibility index (Phi) is 4.53. The molecule has 43 heavy (non-hydrogen) atoms. The van der Waals surface area contributed by atoms with Crippen molar-refractivity contribution in [1.82, 2.24) is 4.57 Å². The topological polar surface area (TPSA) is 18.1 Å². The lowest BCUT2D eigenvalue weighted by Crippen LogP contribution is -1.95. The first-order chi connectivity index (χ1) is 21.3. The van der Waals surface area contributed by atoms with Gasteiger partial charge in [0.25, 0.3) is 0 Å². The first-order valence-electron chi connectivity index (χ1n) is 14.9. The zero-order chi connectivity index (χ0) is 28.1. The minimum Gasteiger partial charge on any atom is -0.455 e. The first kappa shape index (κ1) is 23.0. The maximum absolute atomic E-state index is 6.89. The van der Waals surface area contributed by atoms with Crippen LogP contribution in [0.25, 0.3) is 82.5 Å². The van der Waals surface area contributed by atoms with Gasteiger partial charge in [0.1, 0.15) is 11.2 Å². The van der Waals surface area contributed by atoms with E-state index in [1.807, 2.05) is 0 Å². The molecule has 10 rings (SSSR count). The molecule has 2 nitrogen and oxygen atoms in total. The van der Waals surface area contributed by atoms with Gasteiger partial charge in [-0.3, -0.25) is 0 Å². The predicted molar refractivity (Wildman–Crippen MR) is 179 cm³/mol. The zero-order valence-corrected chi connectivity index (χ0v) is 23.3. The van der Waals surface area contributed by atoms with Crippen molar-refractivity contribution in [3.63, 3.8) is 0 Å². The van der Waals surface area contributed by atoms with E-state index >= 15 is 0 Å². The molecule has 0 amide bonds. The maximum atomic E-state index is 6.89. The van der Waals surface area contributed by atoms with Crippen molar-refractivity contribution >= 4 is 54.5 Å². The molecule has 0 spiro atoms. The Bertz CT molecular complexity index is 2580. The first-order valence-corrected chi connectivity index (χ1v) is 14.9. The van der Waals surface area contributed by atoms with E-state index in [0.717, 1.165) is 23.3 Å². The SMILES string of the molecule is c1ccc(-c2ccc3c(c2)c2ccccc2n3-c2cc3oc4c5c(ccc4c3c3ccccc23)Cc2ccccc2-5)cc1. The van der Waals surface area contributed by atoms with Crippen molar-refractivity contribution in [2.45, 2.75) is 6.42 Å². The second kappa shape index (κ2) is 8.47. The molecule has 200 valence electrons. The summed E-state index contributed by atoms with van der Waals surface area (Å²) >= 11 is 0. The third kappa shape index (κ3) is 3.13. The molecule has 0 N–H and O–H groups in total. The Balaban J connectivity index is 1.31. The summed E-state index contributed by atoms with van der Waals surface area (Å²) in [6.45, 7) is 0. The van der Waals surface area contributed by atoms with Crippen LogP contribution in [-0.2, 0) is 6.42 Å². The van der Waals surface area contributed by atoms with E-state index in [-0.39, 0.29) is 0 Å². The Morgan fingerprint density at radius 2 is 1.23 bits per heavy atom. The van der Waals surface area contributed by atoms with Crippen LogP contribution in [0.15, 0.2) is 144 Å². The molecule has 0 atom stereocenters. The summed E-state index contributed by atoms with van der Waals surface area (Å²) in [4.78, 5) is 0. The number of hydrogen-bond acceptors (Lipinski definition) is 1. The Morgan fingerprint density at radius 3 is 2.14 bits per heavy atom. The largest absolute Gasteiger partial charge is 0.455 e. The van der Waals surface area contributed by atoms with Crippen LogP contribution in [0.4, 0.5) is 0 Å². The molecule has 1 aliphatic carbocycles. The molecule has 2 aromatic heterocycles. The van der Waals surface area contributed by atoms with E-state index in [4.69, 9.17) is 4.42 Å². The number of hydrogen-bond donors (Lipinski definition) is 0. The quantitative estimate of drug-likeness (QED) is 0.210. The molecule has 0 unspecified atom stereocenters. The van der Waals surface area contributed by atoms with Crippen LogP contribution in [0, 0.1) is 0 Å². The number of rotatable bonds is 2. The summed E-state index contributed by atoms with van der Waals surface area (Å²) in [6, 6.07) is 50.6. The summed E-state index contributed by atoms with van der Waals surface area (Å²) in [5.41, 5.74) is 13.1. The number of aromatic nitrogens is 1. The van der Waals surface area contributed by atoms with Gasteiger partial charge in [-0.05, 0) is 57.8 Å². The van der Waals surface area contributed by atoms with E-state index < -0.39 is 0 Å². The molecule has 0 saturated carbocycles. The fourth-order valence-corrected chi connectivity index (χ4v) is 7.52. The average molecular weight is 548 g/mol. The molecule has 2 heterocycles. The second-order valence-corrected chi connectivity index (χ2v) is 11.7. The second-order valence-electron chi connectivity index (χ2n) is 11.7. The fourth-order valence-electron chi connectivity index (χ4n) is 7.52. The van der Waals surface area contributed by atoms with Gasteiger partial charge >= 0.3 is 0 Å². The zero-order valence-electron chi connectivity index (χ0n) is 23.3. The molecule has 9 aromatic rings. The van der Waals surface area contributed by atoms with Gasteiger partial charge in [0, 0.05) is 38.6 Å². The van der Waals surface area contributed by atoms with Crippen molar-refractivity contribution in [1.29, 1.82) is 0 Å². The number of benzene rings is 7. The van der Waals surface area contributed by atoms with Gasteiger partial charge in [-0.2, -0.15) is 0 Å². The lowest BCUT2D eigenvalue weighted by molar-refractivity contribution is 0.670. The number of furan rings is 1. The predicted octanol–water partition coefficient (Wildman–Crippen LogP) is 11.1. The van der Waals surface area contributed by atoms with Crippen LogP contribution in [0.5, 0.6) is 0 Å². The third-order valence-corrected chi connectivity index (χ3v) is 9.40. The van der Waals surface area contributed by atoms with Gasteiger partial charge in [0.05, 0.1) is 16.7 Å². The van der Waals surface area contributed by atoms with Crippen molar-refractivity contribution in [2.75, 3.05) is 0 Å². The van der Waals surface area contributed by atoms with Gasteiger partial charge in [0.2, 0.25) is 0 Å². The molecule has 1 aliphatic rings. The van der Waals surface area contributed by atoms with Gasteiger partial charge in [0.15, 0.2) is 0 Å². The highest BCUT2D eigenvalue weighted by molar-refractivity contribution is 6.23. The van der Waals surface area contributed by atoms with Gasteiger partial charge < -0.3 is 8.98 Å².